The summed E-state index contributed by atoms with van der Waals surface area (Å²) in [5.41, 5.74) is 8.74. The maximum atomic E-state index is 11.4. The lowest BCUT2D eigenvalue weighted by Crippen LogP contribution is -2.31. The standard InChI is InChI=1S/C10H10N6O/c11-9-8(10(17)16-12)15-7(5-14-9)6-2-1-3-13-4-6/h1-5H,12H2,(H2,11,14)(H,16,17). The van der Waals surface area contributed by atoms with E-state index in [1.54, 1.807) is 24.5 Å². The van der Waals surface area contributed by atoms with Crippen LogP contribution >= 0.6 is 0 Å². The third-order valence-corrected chi connectivity index (χ3v) is 2.10. The Morgan fingerprint density at radius 3 is 2.82 bits per heavy atom. The first-order chi connectivity index (χ1) is 8.22. The zero-order valence-electron chi connectivity index (χ0n) is 8.79. The molecule has 2 aromatic rings. The second kappa shape index (κ2) is 4.54. The minimum atomic E-state index is -0.583. The summed E-state index contributed by atoms with van der Waals surface area (Å²) in [5, 5.41) is 0. The van der Waals surface area contributed by atoms with E-state index in [1.807, 2.05) is 5.43 Å². The molecule has 0 saturated heterocycles. The Kier molecular flexibility index (Phi) is 2.93. The monoisotopic (exact) mass is 230 g/mol. The highest BCUT2D eigenvalue weighted by Crippen LogP contribution is 2.16. The average molecular weight is 230 g/mol. The van der Waals surface area contributed by atoms with Crippen molar-refractivity contribution >= 4 is 11.7 Å². The highest BCUT2D eigenvalue weighted by atomic mass is 16.2. The Bertz CT molecular complexity index is 542. The van der Waals surface area contributed by atoms with Gasteiger partial charge in [0.15, 0.2) is 11.5 Å². The quantitative estimate of drug-likeness (QED) is 0.371. The number of nitrogen functional groups attached to an aromatic ring is 2. The summed E-state index contributed by atoms with van der Waals surface area (Å²) in [4.78, 5) is 23.3. The molecule has 0 aliphatic rings. The van der Waals surface area contributed by atoms with Gasteiger partial charge in [-0.25, -0.2) is 15.8 Å². The van der Waals surface area contributed by atoms with E-state index >= 15 is 0 Å². The molecule has 0 spiro atoms. The minimum absolute atomic E-state index is 0.00569. The Morgan fingerprint density at radius 2 is 2.18 bits per heavy atom. The van der Waals surface area contributed by atoms with Crippen molar-refractivity contribution in [3.8, 4) is 11.3 Å². The van der Waals surface area contributed by atoms with Crippen LogP contribution in [0.15, 0.2) is 30.7 Å². The molecule has 0 aromatic carbocycles. The maximum Gasteiger partial charge on any atom is 0.287 e. The molecule has 0 atom stereocenters. The molecule has 0 saturated carbocycles. The largest absolute Gasteiger partial charge is 0.382 e. The number of nitrogens with zero attached hydrogens (tertiary/aromatic N) is 3. The van der Waals surface area contributed by atoms with Gasteiger partial charge in [-0.2, -0.15) is 0 Å². The van der Waals surface area contributed by atoms with E-state index in [0.29, 0.717) is 5.69 Å². The first-order valence-corrected chi connectivity index (χ1v) is 4.76. The van der Waals surface area contributed by atoms with Gasteiger partial charge in [-0.15, -0.1) is 0 Å². The van der Waals surface area contributed by atoms with Gasteiger partial charge in [-0.05, 0) is 12.1 Å². The number of rotatable bonds is 2. The van der Waals surface area contributed by atoms with Crippen molar-refractivity contribution in [3.63, 3.8) is 0 Å². The van der Waals surface area contributed by atoms with Crippen LogP contribution in [-0.4, -0.2) is 20.9 Å². The molecule has 2 aromatic heterocycles. The molecule has 0 fully saturated rings. The van der Waals surface area contributed by atoms with Crippen LogP contribution in [0.4, 0.5) is 5.82 Å². The number of nitrogens with one attached hydrogen (secondary N) is 1. The van der Waals surface area contributed by atoms with E-state index in [4.69, 9.17) is 11.6 Å². The molecule has 2 heterocycles. The zero-order chi connectivity index (χ0) is 12.3. The van der Waals surface area contributed by atoms with Gasteiger partial charge in [0.25, 0.3) is 5.91 Å². The number of pyridine rings is 1. The van der Waals surface area contributed by atoms with Crippen LogP contribution in [0.5, 0.6) is 0 Å². The van der Waals surface area contributed by atoms with Crippen molar-refractivity contribution in [2.24, 2.45) is 5.84 Å². The molecule has 0 bridgehead atoms. The summed E-state index contributed by atoms with van der Waals surface area (Å²) < 4.78 is 0. The number of hydrogen-bond acceptors (Lipinski definition) is 6. The van der Waals surface area contributed by atoms with Gasteiger partial charge >= 0.3 is 0 Å². The first-order valence-electron chi connectivity index (χ1n) is 4.76. The van der Waals surface area contributed by atoms with Crippen LogP contribution in [0, 0.1) is 0 Å². The summed E-state index contributed by atoms with van der Waals surface area (Å²) >= 11 is 0. The van der Waals surface area contributed by atoms with Crippen LogP contribution in [0.1, 0.15) is 10.5 Å². The molecule has 86 valence electrons. The zero-order valence-corrected chi connectivity index (χ0v) is 8.79. The Morgan fingerprint density at radius 1 is 1.35 bits per heavy atom. The second-order valence-electron chi connectivity index (χ2n) is 3.20. The van der Waals surface area contributed by atoms with Gasteiger partial charge in [0.1, 0.15) is 0 Å². The van der Waals surface area contributed by atoms with Gasteiger partial charge in [0.2, 0.25) is 0 Å². The fourth-order valence-corrected chi connectivity index (χ4v) is 1.29. The molecule has 0 unspecified atom stereocenters. The normalized spacial score (nSPS) is 9.94. The average Bonchev–Trinajstić information content (AvgIpc) is 2.39. The van der Waals surface area contributed by atoms with Crippen molar-refractivity contribution in [1.29, 1.82) is 0 Å². The first kappa shape index (κ1) is 11.0. The van der Waals surface area contributed by atoms with Crippen molar-refractivity contribution < 1.29 is 4.79 Å². The smallest absolute Gasteiger partial charge is 0.287 e. The van der Waals surface area contributed by atoms with Crippen LogP contribution < -0.4 is 17.0 Å². The van der Waals surface area contributed by atoms with Crippen LogP contribution in [-0.2, 0) is 0 Å². The molecule has 2 rings (SSSR count). The molecule has 17 heavy (non-hydrogen) atoms. The SMILES string of the molecule is NNC(=O)c1nc(-c2cccnc2)cnc1N. The number of anilines is 1. The predicted molar refractivity (Wildman–Crippen MR) is 61.3 cm³/mol. The molecular formula is C10H10N6O. The number of amides is 1. The summed E-state index contributed by atoms with van der Waals surface area (Å²) in [7, 11) is 0. The molecule has 0 aliphatic heterocycles. The summed E-state index contributed by atoms with van der Waals surface area (Å²) in [6, 6.07) is 3.56. The summed E-state index contributed by atoms with van der Waals surface area (Å²) in [5.74, 6) is 4.47. The fourth-order valence-electron chi connectivity index (χ4n) is 1.29. The molecule has 1 amide bonds. The molecular weight excluding hydrogens is 220 g/mol. The van der Waals surface area contributed by atoms with Crippen molar-refractivity contribution in [1.82, 2.24) is 20.4 Å². The summed E-state index contributed by atoms with van der Waals surface area (Å²) in [6.07, 6.45) is 4.73. The van der Waals surface area contributed by atoms with Crippen molar-refractivity contribution in [2.75, 3.05) is 5.73 Å². The fraction of sp³-hybridized carbons (Fsp3) is 0. The van der Waals surface area contributed by atoms with E-state index in [2.05, 4.69) is 15.0 Å². The Balaban J connectivity index is 2.48. The van der Waals surface area contributed by atoms with E-state index in [1.165, 1.54) is 6.20 Å². The number of carbonyl (C=O) groups excluding carboxylic acids is 1. The van der Waals surface area contributed by atoms with Gasteiger partial charge in [0, 0.05) is 18.0 Å². The number of carbonyl (C=O) groups is 1. The van der Waals surface area contributed by atoms with E-state index in [0.717, 1.165) is 5.56 Å². The van der Waals surface area contributed by atoms with Gasteiger partial charge < -0.3 is 5.73 Å². The highest BCUT2D eigenvalue weighted by molar-refractivity contribution is 5.96. The lowest BCUT2D eigenvalue weighted by molar-refractivity contribution is 0.0949. The van der Waals surface area contributed by atoms with Crippen LogP contribution in [0.2, 0.25) is 0 Å². The van der Waals surface area contributed by atoms with Crippen LogP contribution in [0.3, 0.4) is 0 Å². The Hall–Kier alpha value is -2.54. The van der Waals surface area contributed by atoms with Crippen molar-refractivity contribution in [3.05, 3.63) is 36.4 Å². The van der Waals surface area contributed by atoms with Crippen LogP contribution in [0.25, 0.3) is 11.3 Å². The number of nitrogens with two attached hydrogens (primary N) is 2. The molecule has 5 N–H and O–H groups in total. The van der Waals surface area contributed by atoms with E-state index < -0.39 is 5.91 Å². The highest BCUT2D eigenvalue weighted by Gasteiger charge is 2.13. The third-order valence-electron chi connectivity index (χ3n) is 2.10. The molecule has 0 aliphatic carbocycles. The lowest BCUT2D eigenvalue weighted by Gasteiger charge is -2.05. The third kappa shape index (κ3) is 2.18. The van der Waals surface area contributed by atoms with Gasteiger partial charge in [0.05, 0.1) is 11.9 Å². The second-order valence-corrected chi connectivity index (χ2v) is 3.20. The maximum absolute atomic E-state index is 11.4. The van der Waals surface area contributed by atoms with Gasteiger partial charge in [-0.3, -0.25) is 15.2 Å². The summed E-state index contributed by atoms with van der Waals surface area (Å²) in [6.45, 7) is 0. The number of hydrazine groups is 1. The van der Waals surface area contributed by atoms with E-state index in [9.17, 15) is 4.79 Å². The van der Waals surface area contributed by atoms with Crippen molar-refractivity contribution in [2.45, 2.75) is 0 Å². The molecule has 7 nitrogen and oxygen atoms in total. The topological polar surface area (TPSA) is 120 Å². The van der Waals surface area contributed by atoms with Gasteiger partial charge in [-0.1, -0.05) is 0 Å². The predicted octanol–water partition coefficient (Wildman–Crippen LogP) is -0.276. The number of aromatic nitrogens is 3. The molecule has 7 heteroatoms. The number of hydrogen-bond donors (Lipinski definition) is 3. The Labute approximate surface area is 96.9 Å². The lowest BCUT2D eigenvalue weighted by atomic mass is 10.2. The minimum Gasteiger partial charge on any atom is -0.382 e. The van der Waals surface area contributed by atoms with E-state index in [-0.39, 0.29) is 11.5 Å². The molecule has 0 radical (unpaired) electrons.